The number of amides is 1. The molecule has 0 aliphatic carbocycles. The molecule has 0 radical (unpaired) electrons. The molecule has 2 aromatic carbocycles. The van der Waals surface area contributed by atoms with Crippen LogP contribution in [-0.4, -0.2) is 55.2 Å². The van der Waals surface area contributed by atoms with Crippen LogP contribution < -0.4 is 4.90 Å². The van der Waals surface area contributed by atoms with Crippen LogP contribution in [0.4, 0.5) is 5.13 Å². The van der Waals surface area contributed by atoms with E-state index < -0.39 is 0 Å². The van der Waals surface area contributed by atoms with Crippen molar-refractivity contribution in [1.82, 2.24) is 9.88 Å². The lowest BCUT2D eigenvalue weighted by atomic mass is 10.1. The van der Waals surface area contributed by atoms with Gasteiger partial charge in [-0.05, 0) is 42.8 Å². The maximum absolute atomic E-state index is 13.4. The fraction of sp³-hybridized carbons (Fsp3) is 0.318. The maximum Gasteiger partial charge on any atom is 0.260 e. The van der Waals surface area contributed by atoms with Crippen molar-refractivity contribution in [1.29, 1.82) is 5.26 Å². The minimum atomic E-state index is -0.138. The van der Waals surface area contributed by atoms with E-state index in [1.807, 2.05) is 19.1 Å². The lowest BCUT2D eigenvalue weighted by molar-refractivity contribution is 0.0391. The Bertz CT molecular complexity index is 1060. The molecule has 8 heteroatoms. The molecule has 4 rings (SSSR count). The SMILES string of the molecule is Cc1ccc(Cl)c2sc(N(CCN3CCOCC3)C(=O)c3ccc(C#N)cc3)nc12. The van der Waals surface area contributed by atoms with Crippen molar-refractivity contribution < 1.29 is 9.53 Å². The summed E-state index contributed by atoms with van der Waals surface area (Å²) in [4.78, 5) is 22.2. The molecule has 0 spiro atoms. The van der Waals surface area contributed by atoms with Gasteiger partial charge >= 0.3 is 0 Å². The Morgan fingerprint density at radius 2 is 2.00 bits per heavy atom. The molecule has 0 unspecified atom stereocenters. The molecule has 30 heavy (non-hydrogen) atoms. The lowest BCUT2D eigenvalue weighted by Gasteiger charge is -2.29. The van der Waals surface area contributed by atoms with E-state index in [1.54, 1.807) is 29.2 Å². The van der Waals surface area contributed by atoms with Crippen molar-refractivity contribution in [2.75, 3.05) is 44.3 Å². The molecule has 1 amide bonds. The zero-order valence-electron chi connectivity index (χ0n) is 16.6. The maximum atomic E-state index is 13.4. The van der Waals surface area contributed by atoms with Gasteiger partial charge in [0.05, 0.1) is 40.1 Å². The second-order valence-corrected chi connectivity index (χ2v) is 8.52. The fourth-order valence-corrected chi connectivity index (χ4v) is 4.74. The first-order valence-corrected chi connectivity index (χ1v) is 10.9. The van der Waals surface area contributed by atoms with Crippen LogP contribution >= 0.6 is 22.9 Å². The first-order valence-electron chi connectivity index (χ1n) is 9.74. The Labute approximate surface area is 184 Å². The molecule has 3 aromatic rings. The zero-order chi connectivity index (χ0) is 21.1. The van der Waals surface area contributed by atoms with Gasteiger partial charge in [-0.2, -0.15) is 5.26 Å². The number of anilines is 1. The van der Waals surface area contributed by atoms with Crippen LogP contribution in [0, 0.1) is 18.3 Å². The Kier molecular flexibility index (Phi) is 6.30. The van der Waals surface area contributed by atoms with Gasteiger partial charge < -0.3 is 4.74 Å². The molecule has 6 nitrogen and oxygen atoms in total. The second kappa shape index (κ2) is 9.11. The van der Waals surface area contributed by atoms with E-state index in [9.17, 15) is 4.79 Å². The zero-order valence-corrected chi connectivity index (χ0v) is 18.2. The van der Waals surface area contributed by atoms with Crippen LogP contribution in [0.3, 0.4) is 0 Å². The summed E-state index contributed by atoms with van der Waals surface area (Å²) in [6.07, 6.45) is 0. The van der Waals surface area contributed by atoms with E-state index in [0.717, 1.165) is 35.4 Å². The first-order chi connectivity index (χ1) is 14.6. The lowest BCUT2D eigenvalue weighted by Crippen LogP contribution is -2.43. The molecule has 1 aromatic heterocycles. The highest BCUT2D eigenvalue weighted by Gasteiger charge is 2.23. The van der Waals surface area contributed by atoms with Gasteiger partial charge in [0.15, 0.2) is 5.13 Å². The number of rotatable bonds is 5. The van der Waals surface area contributed by atoms with Crippen molar-refractivity contribution in [3.8, 4) is 6.07 Å². The van der Waals surface area contributed by atoms with Crippen LogP contribution in [0.25, 0.3) is 10.2 Å². The Morgan fingerprint density at radius 1 is 1.27 bits per heavy atom. The summed E-state index contributed by atoms with van der Waals surface area (Å²) in [6.45, 7) is 6.35. The molecular weight excluding hydrogens is 420 g/mol. The standard InChI is InChI=1S/C22H21ClN4O2S/c1-15-2-7-18(23)20-19(15)25-22(30-20)27(9-8-26-10-12-29-13-11-26)21(28)17-5-3-16(14-24)4-6-17/h2-7H,8-13H2,1H3. The number of aryl methyl sites for hydroxylation is 1. The van der Waals surface area contributed by atoms with Gasteiger partial charge in [0.2, 0.25) is 0 Å². The number of thiazole rings is 1. The highest BCUT2D eigenvalue weighted by molar-refractivity contribution is 7.23. The molecular formula is C22H21ClN4O2S. The van der Waals surface area contributed by atoms with Crippen molar-refractivity contribution in [2.45, 2.75) is 6.92 Å². The average Bonchev–Trinajstić information content (AvgIpc) is 3.24. The number of aromatic nitrogens is 1. The smallest absolute Gasteiger partial charge is 0.260 e. The summed E-state index contributed by atoms with van der Waals surface area (Å²) in [5, 5.41) is 10.3. The first kappa shape index (κ1) is 20.8. The van der Waals surface area contributed by atoms with Crippen LogP contribution in [0.15, 0.2) is 36.4 Å². The number of nitrogens with zero attached hydrogens (tertiary/aromatic N) is 4. The molecule has 2 heterocycles. The third-order valence-electron chi connectivity index (χ3n) is 5.17. The van der Waals surface area contributed by atoms with E-state index in [-0.39, 0.29) is 5.91 Å². The monoisotopic (exact) mass is 440 g/mol. The minimum absolute atomic E-state index is 0.138. The summed E-state index contributed by atoms with van der Waals surface area (Å²) in [7, 11) is 0. The van der Waals surface area contributed by atoms with E-state index in [1.165, 1.54) is 11.3 Å². The molecule has 1 saturated heterocycles. The Balaban J connectivity index is 1.67. The number of hydrogen-bond acceptors (Lipinski definition) is 6. The number of carbonyl (C=O) groups excluding carboxylic acids is 1. The van der Waals surface area contributed by atoms with E-state index >= 15 is 0 Å². The van der Waals surface area contributed by atoms with Crippen molar-refractivity contribution in [3.05, 3.63) is 58.1 Å². The molecule has 0 atom stereocenters. The summed E-state index contributed by atoms with van der Waals surface area (Å²) >= 11 is 7.82. The van der Waals surface area contributed by atoms with Gasteiger partial charge in [-0.1, -0.05) is 29.0 Å². The Morgan fingerprint density at radius 3 is 2.67 bits per heavy atom. The van der Waals surface area contributed by atoms with Crippen molar-refractivity contribution in [2.24, 2.45) is 0 Å². The van der Waals surface area contributed by atoms with E-state index in [4.69, 9.17) is 26.6 Å². The van der Waals surface area contributed by atoms with Crippen LogP contribution in [0.1, 0.15) is 21.5 Å². The number of fused-ring (bicyclic) bond motifs is 1. The highest BCUT2D eigenvalue weighted by atomic mass is 35.5. The summed E-state index contributed by atoms with van der Waals surface area (Å²) < 4.78 is 6.31. The van der Waals surface area contributed by atoms with Gasteiger partial charge in [-0.15, -0.1) is 0 Å². The quantitative estimate of drug-likeness (QED) is 0.597. The fourth-order valence-electron chi connectivity index (χ4n) is 3.40. The topological polar surface area (TPSA) is 69.5 Å². The predicted molar refractivity (Wildman–Crippen MR) is 119 cm³/mol. The molecule has 154 valence electrons. The third kappa shape index (κ3) is 4.32. The van der Waals surface area contributed by atoms with Gasteiger partial charge in [-0.25, -0.2) is 4.98 Å². The van der Waals surface area contributed by atoms with E-state index in [0.29, 0.717) is 41.0 Å². The number of ether oxygens (including phenoxy) is 1. The van der Waals surface area contributed by atoms with E-state index in [2.05, 4.69) is 11.0 Å². The van der Waals surface area contributed by atoms with Gasteiger partial charge in [-0.3, -0.25) is 14.6 Å². The largest absolute Gasteiger partial charge is 0.379 e. The van der Waals surface area contributed by atoms with Gasteiger partial charge in [0.1, 0.15) is 0 Å². The number of nitriles is 1. The predicted octanol–water partition coefficient (Wildman–Crippen LogP) is 4.11. The molecule has 1 aliphatic heterocycles. The second-order valence-electron chi connectivity index (χ2n) is 7.14. The Hall–Kier alpha value is -2.50. The molecule has 1 fully saturated rings. The summed E-state index contributed by atoms with van der Waals surface area (Å²) in [5.41, 5.74) is 2.90. The molecule has 0 saturated carbocycles. The number of morpholine rings is 1. The normalized spacial score (nSPS) is 14.6. The van der Waals surface area contributed by atoms with Crippen LogP contribution in [-0.2, 0) is 4.74 Å². The van der Waals surface area contributed by atoms with Crippen molar-refractivity contribution in [3.63, 3.8) is 0 Å². The van der Waals surface area contributed by atoms with Crippen molar-refractivity contribution >= 4 is 44.2 Å². The molecule has 1 aliphatic rings. The number of hydrogen-bond donors (Lipinski definition) is 0. The molecule has 0 N–H and O–H groups in total. The average molecular weight is 441 g/mol. The molecule has 0 bridgehead atoms. The summed E-state index contributed by atoms with van der Waals surface area (Å²) in [5.74, 6) is -0.138. The van der Waals surface area contributed by atoms with Crippen LogP contribution in [0.2, 0.25) is 5.02 Å². The van der Waals surface area contributed by atoms with Gasteiger partial charge in [0.25, 0.3) is 5.91 Å². The summed E-state index contributed by atoms with van der Waals surface area (Å²) in [6, 6.07) is 12.6. The number of benzene rings is 2. The minimum Gasteiger partial charge on any atom is -0.379 e. The van der Waals surface area contributed by atoms with Crippen LogP contribution in [0.5, 0.6) is 0 Å². The van der Waals surface area contributed by atoms with Gasteiger partial charge in [0, 0.05) is 31.7 Å². The number of halogens is 1. The third-order valence-corrected chi connectivity index (χ3v) is 6.71. The highest BCUT2D eigenvalue weighted by Crippen LogP contribution is 2.36. The number of carbonyl (C=O) groups is 1.